The summed E-state index contributed by atoms with van der Waals surface area (Å²) in [6, 6.07) is 7.45. The molecule has 114 valence electrons. The molecule has 0 saturated carbocycles. The second-order valence-corrected chi connectivity index (χ2v) is 5.84. The summed E-state index contributed by atoms with van der Waals surface area (Å²) in [6.45, 7) is 0.424. The van der Waals surface area contributed by atoms with Crippen molar-refractivity contribution in [1.29, 1.82) is 0 Å². The molecular formula is C12H16IN5OS2. The van der Waals surface area contributed by atoms with Crippen LogP contribution in [0, 0.1) is 0 Å². The van der Waals surface area contributed by atoms with Crippen molar-refractivity contribution in [3.8, 4) is 5.75 Å². The summed E-state index contributed by atoms with van der Waals surface area (Å²) in [5.74, 6) is 1.14. The summed E-state index contributed by atoms with van der Waals surface area (Å²) >= 11 is 3.09. The third-order valence-electron chi connectivity index (χ3n) is 2.37. The van der Waals surface area contributed by atoms with Crippen LogP contribution in [0.2, 0.25) is 0 Å². The minimum Gasteiger partial charge on any atom is -0.497 e. The van der Waals surface area contributed by atoms with Crippen LogP contribution in [-0.2, 0) is 6.54 Å². The quantitative estimate of drug-likeness (QED) is 0.324. The van der Waals surface area contributed by atoms with Gasteiger partial charge in [0, 0.05) is 5.69 Å². The molecule has 2 aromatic rings. The zero-order chi connectivity index (χ0) is 14.4. The van der Waals surface area contributed by atoms with E-state index in [1.807, 2.05) is 30.5 Å². The highest BCUT2D eigenvalue weighted by molar-refractivity contribution is 14.0. The number of hydrogen-bond acceptors (Lipinski definition) is 6. The molecule has 0 amide bonds. The van der Waals surface area contributed by atoms with E-state index in [0.717, 1.165) is 20.8 Å². The Morgan fingerprint density at radius 3 is 2.67 bits per heavy atom. The molecule has 0 radical (unpaired) electrons. The minimum absolute atomic E-state index is 0. The Morgan fingerprint density at radius 1 is 1.38 bits per heavy atom. The summed E-state index contributed by atoms with van der Waals surface area (Å²) in [7, 11) is 1.63. The average Bonchev–Trinajstić information content (AvgIpc) is 2.94. The Bertz CT molecular complexity index is 588. The van der Waals surface area contributed by atoms with E-state index in [1.54, 1.807) is 18.9 Å². The number of ether oxygens (including phenoxy) is 1. The van der Waals surface area contributed by atoms with Gasteiger partial charge in [-0.15, -0.1) is 34.2 Å². The SMILES string of the molecule is COc1ccc(NC(N)=NCc2nnc(SC)s2)cc1.I. The number of anilines is 1. The van der Waals surface area contributed by atoms with Crippen molar-refractivity contribution in [2.45, 2.75) is 10.9 Å². The number of halogens is 1. The van der Waals surface area contributed by atoms with E-state index in [1.165, 1.54) is 11.3 Å². The number of rotatable bonds is 5. The minimum atomic E-state index is 0. The Morgan fingerprint density at radius 2 is 2.10 bits per heavy atom. The van der Waals surface area contributed by atoms with Gasteiger partial charge in [-0.1, -0.05) is 23.1 Å². The normalized spacial score (nSPS) is 10.9. The van der Waals surface area contributed by atoms with Crippen molar-refractivity contribution in [2.75, 3.05) is 18.7 Å². The van der Waals surface area contributed by atoms with Gasteiger partial charge in [0.15, 0.2) is 10.3 Å². The fourth-order valence-corrected chi connectivity index (χ4v) is 2.64. The van der Waals surface area contributed by atoms with Gasteiger partial charge in [-0.3, -0.25) is 0 Å². The number of nitrogens with one attached hydrogen (secondary N) is 1. The van der Waals surface area contributed by atoms with Gasteiger partial charge in [0.25, 0.3) is 0 Å². The van der Waals surface area contributed by atoms with Gasteiger partial charge >= 0.3 is 0 Å². The van der Waals surface area contributed by atoms with E-state index in [9.17, 15) is 0 Å². The molecule has 1 aromatic heterocycles. The topological polar surface area (TPSA) is 85.4 Å². The fourth-order valence-electron chi connectivity index (χ4n) is 1.40. The molecule has 0 unspecified atom stereocenters. The highest BCUT2D eigenvalue weighted by Crippen LogP contribution is 2.20. The van der Waals surface area contributed by atoms with E-state index < -0.39 is 0 Å². The van der Waals surface area contributed by atoms with Crippen LogP contribution >= 0.6 is 47.1 Å². The van der Waals surface area contributed by atoms with Crippen molar-refractivity contribution in [3.63, 3.8) is 0 Å². The third-order valence-corrected chi connectivity index (χ3v) is 4.25. The number of guanidine groups is 1. The number of aromatic nitrogens is 2. The number of nitrogens with two attached hydrogens (primary N) is 1. The average molecular weight is 437 g/mol. The molecule has 9 heteroatoms. The summed E-state index contributed by atoms with van der Waals surface area (Å²) in [5.41, 5.74) is 6.68. The first-order valence-electron chi connectivity index (χ1n) is 5.78. The second kappa shape index (κ2) is 9.05. The molecule has 21 heavy (non-hydrogen) atoms. The monoisotopic (exact) mass is 437 g/mol. The summed E-state index contributed by atoms with van der Waals surface area (Å²) in [5, 5.41) is 11.9. The molecule has 3 N–H and O–H groups in total. The highest BCUT2D eigenvalue weighted by atomic mass is 127. The first-order chi connectivity index (χ1) is 9.71. The van der Waals surface area contributed by atoms with Gasteiger partial charge in [-0.2, -0.15) is 0 Å². The van der Waals surface area contributed by atoms with Gasteiger partial charge in [-0.05, 0) is 30.5 Å². The molecule has 0 bridgehead atoms. The predicted octanol–water partition coefficient (Wildman–Crippen LogP) is 2.81. The van der Waals surface area contributed by atoms with Crippen molar-refractivity contribution in [3.05, 3.63) is 29.3 Å². The Kier molecular flexibility index (Phi) is 7.75. The first-order valence-corrected chi connectivity index (χ1v) is 7.82. The van der Waals surface area contributed by atoms with Crippen molar-refractivity contribution < 1.29 is 4.74 Å². The predicted molar refractivity (Wildman–Crippen MR) is 99.0 cm³/mol. The number of thioether (sulfide) groups is 1. The van der Waals surface area contributed by atoms with Crippen LogP contribution in [0.5, 0.6) is 5.75 Å². The lowest BCUT2D eigenvalue weighted by atomic mass is 10.3. The molecule has 1 heterocycles. The maximum atomic E-state index is 5.82. The molecule has 0 saturated heterocycles. The number of methoxy groups -OCH3 is 1. The van der Waals surface area contributed by atoms with E-state index in [4.69, 9.17) is 10.5 Å². The van der Waals surface area contributed by atoms with Gasteiger partial charge in [-0.25, -0.2) is 4.99 Å². The van der Waals surface area contributed by atoms with Crippen molar-refractivity contribution in [1.82, 2.24) is 10.2 Å². The molecule has 2 rings (SSSR count). The highest BCUT2D eigenvalue weighted by Gasteiger charge is 2.02. The van der Waals surface area contributed by atoms with Crippen LogP contribution in [0.1, 0.15) is 5.01 Å². The van der Waals surface area contributed by atoms with Crippen LogP contribution < -0.4 is 15.8 Å². The molecule has 1 aromatic carbocycles. The molecular weight excluding hydrogens is 421 g/mol. The zero-order valence-corrected chi connectivity index (χ0v) is 15.5. The number of aliphatic imine (C=N–C) groups is 1. The smallest absolute Gasteiger partial charge is 0.193 e. The van der Waals surface area contributed by atoms with Crippen LogP contribution in [-0.4, -0.2) is 29.5 Å². The summed E-state index contributed by atoms with van der Waals surface area (Å²) in [4.78, 5) is 4.23. The molecule has 0 spiro atoms. The van der Waals surface area contributed by atoms with Crippen LogP contribution in [0.15, 0.2) is 33.6 Å². The largest absolute Gasteiger partial charge is 0.497 e. The molecule has 0 atom stereocenters. The molecule has 0 aliphatic carbocycles. The number of benzene rings is 1. The Labute approximate surface area is 148 Å². The molecule has 0 fully saturated rings. The Hall–Kier alpha value is -1.07. The van der Waals surface area contributed by atoms with E-state index in [2.05, 4.69) is 20.5 Å². The second-order valence-electron chi connectivity index (χ2n) is 3.72. The van der Waals surface area contributed by atoms with Crippen LogP contribution in [0.25, 0.3) is 0 Å². The zero-order valence-electron chi connectivity index (χ0n) is 11.6. The lowest BCUT2D eigenvalue weighted by Gasteiger charge is -2.06. The summed E-state index contributed by atoms with van der Waals surface area (Å²) < 4.78 is 6.02. The molecule has 6 nitrogen and oxygen atoms in total. The number of hydrogen-bond donors (Lipinski definition) is 2. The maximum Gasteiger partial charge on any atom is 0.193 e. The maximum absolute atomic E-state index is 5.82. The third kappa shape index (κ3) is 5.67. The van der Waals surface area contributed by atoms with Gasteiger partial charge in [0.05, 0.1) is 13.7 Å². The molecule has 0 aliphatic rings. The lowest BCUT2D eigenvalue weighted by molar-refractivity contribution is 0.415. The standard InChI is InChI=1S/C12H15N5OS2.HI/c1-18-9-5-3-8(4-6-9)15-11(13)14-7-10-16-17-12(19-2)20-10;/h3-6H,7H2,1-2H3,(H3,13,14,15);1H. The van der Waals surface area contributed by atoms with Crippen molar-refractivity contribution in [2.24, 2.45) is 10.7 Å². The number of nitrogens with zero attached hydrogens (tertiary/aromatic N) is 3. The fraction of sp³-hybridized carbons (Fsp3) is 0.250. The van der Waals surface area contributed by atoms with Gasteiger partial charge < -0.3 is 15.8 Å². The van der Waals surface area contributed by atoms with Crippen LogP contribution in [0.4, 0.5) is 5.69 Å². The molecule has 0 aliphatic heterocycles. The Balaban J connectivity index is 0.00000220. The van der Waals surface area contributed by atoms with Gasteiger partial charge in [0.1, 0.15) is 10.8 Å². The van der Waals surface area contributed by atoms with Crippen molar-refractivity contribution >= 4 is 58.7 Å². The van der Waals surface area contributed by atoms with E-state index >= 15 is 0 Å². The van der Waals surface area contributed by atoms with E-state index in [0.29, 0.717) is 12.5 Å². The lowest BCUT2D eigenvalue weighted by Crippen LogP contribution is -2.22. The van der Waals surface area contributed by atoms with E-state index in [-0.39, 0.29) is 24.0 Å². The van der Waals surface area contributed by atoms with Crippen LogP contribution in [0.3, 0.4) is 0 Å². The summed E-state index contributed by atoms with van der Waals surface area (Å²) in [6.07, 6.45) is 1.97. The first kappa shape index (κ1) is 18.0. The van der Waals surface area contributed by atoms with Gasteiger partial charge in [0.2, 0.25) is 0 Å².